The Hall–Kier alpha value is -6.03. The van der Waals surface area contributed by atoms with Crippen molar-refractivity contribution in [3.63, 3.8) is 0 Å². The average Bonchev–Trinajstić information content (AvgIpc) is 3.85. The molecule has 0 N–H and O–H groups in total. The smallest absolute Gasteiger partial charge is 0.171 e. The Morgan fingerprint density at radius 2 is 1.04 bits per heavy atom. The monoisotopic (exact) mass is 785 g/mol. The minimum Gasteiger partial charge on any atom is -0.362 e. The summed E-state index contributed by atoms with van der Waals surface area (Å²) in [4.78, 5) is 3.87. The molecule has 2 nitrogen and oxygen atoms in total. The van der Waals surface area contributed by atoms with Crippen LogP contribution in [0.1, 0.15) is 16.5 Å². The van der Waals surface area contributed by atoms with Crippen molar-refractivity contribution in [1.82, 2.24) is 0 Å². The number of nitrogens with zero attached hydrogens (tertiary/aromatic N) is 1. The molecular formula is C52H36NOPS2. The summed E-state index contributed by atoms with van der Waals surface area (Å²) in [6.45, 7) is 0. The quantitative estimate of drug-likeness (QED) is 0.157. The second-order valence-electron chi connectivity index (χ2n) is 14.8. The molecule has 57 heavy (non-hydrogen) atoms. The average molecular weight is 786 g/mol. The lowest BCUT2D eigenvalue weighted by Crippen LogP contribution is -2.28. The third kappa shape index (κ3) is 5.47. The third-order valence-electron chi connectivity index (χ3n) is 11.6. The van der Waals surface area contributed by atoms with Crippen molar-refractivity contribution < 1.29 is 4.57 Å². The molecule has 0 saturated heterocycles. The van der Waals surface area contributed by atoms with Gasteiger partial charge < -0.3 is 9.46 Å². The number of benzene rings is 8. The molecule has 1 aliphatic heterocycles. The van der Waals surface area contributed by atoms with E-state index in [1.807, 2.05) is 95.5 Å². The van der Waals surface area contributed by atoms with E-state index < -0.39 is 7.14 Å². The van der Waals surface area contributed by atoms with Crippen LogP contribution in [0.4, 0.5) is 5.69 Å². The van der Waals surface area contributed by atoms with Gasteiger partial charge in [-0.1, -0.05) is 164 Å². The van der Waals surface area contributed by atoms with E-state index >= 15 is 4.57 Å². The van der Waals surface area contributed by atoms with E-state index in [-0.39, 0.29) is 6.04 Å². The van der Waals surface area contributed by atoms with Crippen LogP contribution in [0, 0.1) is 0 Å². The summed E-state index contributed by atoms with van der Waals surface area (Å²) in [5.74, 6) is 0. The molecule has 8 aromatic carbocycles. The summed E-state index contributed by atoms with van der Waals surface area (Å²) in [5, 5.41) is 6.45. The molecule has 2 aromatic heterocycles. The first-order valence-electron chi connectivity index (χ1n) is 19.3. The number of para-hydroxylation sites is 1. The van der Waals surface area contributed by atoms with E-state index in [4.69, 9.17) is 0 Å². The highest BCUT2D eigenvalue weighted by atomic mass is 32.1. The molecule has 0 spiro atoms. The molecule has 0 saturated carbocycles. The molecular weight excluding hydrogens is 750 g/mol. The lowest BCUT2D eigenvalue weighted by molar-refractivity contribution is 0.592. The van der Waals surface area contributed by atoms with Crippen molar-refractivity contribution in [2.75, 3.05) is 11.9 Å². The molecule has 0 amide bonds. The highest BCUT2D eigenvalue weighted by Gasteiger charge is 2.35. The van der Waals surface area contributed by atoms with Crippen LogP contribution >= 0.6 is 29.8 Å². The van der Waals surface area contributed by atoms with Crippen LogP contribution in [0.15, 0.2) is 194 Å². The number of hydrogen-bond donors (Lipinski definition) is 0. The highest BCUT2D eigenvalue weighted by Crippen LogP contribution is 2.55. The lowest BCUT2D eigenvalue weighted by atomic mass is 9.86. The standard InChI is InChI=1S/C52H36NOPS2/c1-53-50(35-28-26-34(27-29-35)36-14-12-19-40(32-36)55(54,38-15-4-2-5-16-38)39-17-6-3-7-18-39)52-49(43-21-9-11-25-47(43)57-52)44-23-13-22-41(51(44)53)37-30-31-48-45(33-37)42-20-8-10-24-46(42)56-48/h2-33,50H,1H3. The van der Waals surface area contributed by atoms with Crippen molar-refractivity contribution in [1.29, 1.82) is 0 Å². The molecule has 3 heterocycles. The van der Waals surface area contributed by atoms with Gasteiger partial charge in [0.25, 0.3) is 0 Å². The number of fused-ring (bicyclic) bond motifs is 8. The predicted molar refractivity (Wildman–Crippen MR) is 247 cm³/mol. The maximum atomic E-state index is 15.2. The molecule has 0 aliphatic carbocycles. The van der Waals surface area contributed by atoms with Gasteiger partial charge in [0, 0.05) is 74.8 Å². The summed E-state index contributed by atoms with van der Waals surface area (Å²) < 4.78 is 19.2. The molecule has 10 aromatic rings. The SMILES string of the molecule is CN1c2c(-c3ccc4sc5ccccc5c4c3)cccc2-c2c(sc3ccccc23)C1c1ccc(-c2cccc(P(=O)(c3ccccc3)c3ccccc3)c2)cc1. The van der Waals surface area contributed by atoms with Gasteiger partial charge in [-0.25, -0.2) is 0 Å². The van der Waals surface area contributed by atoms with E-state index in [1.165, 1.54) is 68.6 Å². The maximum Gasteiger partial charge on any atom is 0.171 e. The normalized spacial score (nSPS) is 13.9. The molecule has 0 fully saturated rings. The first-order valence-corrected chi connectivity index (χ1v) is 22.6. The van der Waals surface area contributed by atoms with E-state index in [1.54, 1.807) is 0 Å². The Morgan fingerprint density at radius 1 is 0.456 bits per heavy atom. The molecule has 1 aliphatic rings. The van der Waals surface area contributed by atoms with Crippen LogP contribution in [0.25, 0.3) is 63.6 Å². The summed E-state index contributed by atoms with van der Waals surface area (Å²) in [5.41, 5.74) is 9.74. The number of rotatable bonds is 6. The zero-order valence-electron chi connectivity index (χ0n) is 31.2. The van der Waals surface area contributed by atoms with Crippen molar-refractivity contribution in [2.24, 2.45) is 0 Å². The second kappa shape index (κ2) is 13.6. The Balaban J connectivity index is 1.03. The minimum absolute atomic E-state index is 0.0218. The topological polar surface area (TPSA) is 20.3 Å². The van der Waals surface area contributed by atoms with Crippen LogP contribution in [0.5, 0.6) is 0 Å². The van der Waals surface area contributed by atoms with Crippen LogP contribution in [0.2, 0.25) is 0 Å². The highest BCUT2D eigenvalue weighted by molar-refractivity contribution is 7.85. The fourth-order valence-corrected chi connectivity index (χ4v) is 14.1. The van der Waals surface area contributed by atoms with Crippen molar-refractivity contribution in [3.05, 3.63) is 205 Å². The minimum atomic E-state index is -3.10. The molecule has 272 valence electrons. The van der Waals surface area contributed by atoms with E-state index in [2.05, 4.69) is 133 Å². The van der Waals surface area contributed by atoms with Gasteiger partial charge in [-0.15, -0.1) is 22.7 Å². The predicted octanol–water partition coefficient (Wildman–Crippen LogP) is 13.4. The van der Waals surface area contributed by atoms with Crippen LogP contribution in [-0.2, 0) is 4.57 Å². The van der Waals surface area contributed by atoms with Gasteiger partial charge >= 0.3 is 0 Å². The molecule has 0 bridgehead atoms. The second-order valence-corrected chi connectivity index (χ2v) is 19.7. The van der Waals surface area contributed by atoms with Crippen molar-refractivity contribution in [2.45, 2.75) is 6.04 Å². The van der Waals surface area contributed by atoms with Crippen LogP contribution in [0.3, 0.4) is 0 Å². The molecule has 11 rings (SSSR count). The van der Waals surface area contributed by atoms with Crippen molar-refractivity contribution in [3.8, 4) is 33.4 Å². The fraction of sp³-hybridized carbons (Fsp3) is 0.0385. The van der Waals surface area contributed by atoms with Gasteiger partial charge in [-0.3, -0.25) is 0 Å². The Bertz CT molecular complexity index is 3140. The third-order valence-corrected chi connectivity index (χ3v) is 17.0. The Morgan fingerprint density at radius 3 is 1.77 bits per heavy atom. The molecule has 1 atom stereocenters. The molecule has 1 unspecified atom stereocenters. The number of hydrogen-bond acceptors (Lipinski definition) is 4. The number of thiophene rings is 2. The van der Waals surface area contributed by atoms with Gasteiger partial charge in [0.05, 0.1) is 11.7 Å². The summed E-state index contributed by atoms with van der Waals surface area (Å²) in [7, 11) is -0.838. The van der Waals surface area contributed by atoms with Gasteiger partial charge in [0.2, 0.25) is 0 Å². The van der Waals surface area contributed by atoms with Gasteiger partial charge in [-0.05, 0) is 52.6 Å². The van der Waals surface area contributed by atoms with Gasteiger partial charge in [0.1, 0.15) is 0 Å². The maximum absolute atomic E-state index is 15.2. The largest absolute Gasteiger partial charge is 0.362 e. The number of anilines is 1. The van der Waals surface area contributed by atoms with Gasteiger partial charge in [-0.2, -0.15) is 0 Å². The van der Waals surface area contributed by atoms with Crippen LogP contribution < -0.4 is 20.8 Å². The van der Waals surface area contributed by atoms with Gasteiger partial charge in [0.15, 0.2) is 7.14 Å². The van der Waals surface area contributed by atoms with Crippen LogP contribution in [-0.4, -0.2) is 7.05 Å². The van der Waals surface area contributed by atoms with E-state index in [9.17, 15) is 0 Å². The Kier molecular flexibility index (Phi) is 8.15. The lowest BCUT2D eigenvalue weighted by Gasteiger charge is -2.38. The summed E-state index contributed by atoms with van der Waals surface area (Å²) in [6.07, 6.45) is 0. The van der Waals surface area contributed by atoms with Crippen molar-refractivity contribution >= 4 is 81.7 Å². The first-order chi connectivity index (χ1) is 28.1. The summed E-state index contributed by atoms with van der Waals surface area (Å²) >= 11 is 3.77. The van der Waals surface area contributed by atoms with E-state index in [0.29, 0.717) is 0 Å². The van der Waals surface area contributed by atoms with E-state index in [0.717, 1.165) is 27.0 Å². The fourth-order valence-electron chi connectivity index (χ4n) is 8.93. The first kappa shape index (κ1) is 34.2. The Labute approximate surface area is 340 Å². The summed E-state index contributed by atoms with van der Waals surface area (Å²) in [6, 6.07) is 68.7. The molecule has 5 heteroatoms. The zero-order valence-corrected chi connectivity index (χ0v) is 33.7. The zero-order chi connectivity index (χ0) is 38.1. The molecule has 0 radical (unpaired) electrons.